The summed E-state index contributed by atoms with van der Waals surface area (Å²) in [4.78, 5) is 25.6. The zero-order valence-electron chi connectivity index (χ0n) is 15.6. The van der Waals surface area contributed by atoms with Crippen LogP contribution in [0.15, 0.2) is 78.9 Å². The highest BCUT2D eigenvalue weighted by atomic mass is 16.5. The van der Waals surface area contributed by atoms with Crippen molar-refractivity contribution in [3.05, 3.63) is 95.6 Å². The van der Waals surface area contributed by atoms with Crippen LogP contribution in [0.3, 0.4) is 0 Å². The van der Waals surface area contributed by atoms with Gasteiger partial charge in [-0.2, -0.15) is 0 Å². The quantitative estimate of drug-likeness (QED) is 0.696. The van der Waals surface area contributed by atoms with Crippen molar-refractivity contribution in [2.75, 3.05) is 7.11 Å². The van der Waals surface area contributed by atoms with Gasteiger partial charge in [-0.25, -0.2) is 4.79 Å². The Bertz CT molecular complexity index is 968. The van der Waals surface area contributed by atoms with Gasteiger partial charge in [0.25, 0.3) is 0 Å². The number of carbonyl (C=O) groups excluding carboxylic acids is 2. The summed E-state index contributed by atoms with van der Waals surface area (Å²) in [5.74, 6) is -1.07. The summed E-state index contributed by atoms with van der Waals surface area (Å²) in [6, 6.07) is 24.7. The summed E-state index contributed by atoms with van der Waals surface area (Å²) in [6.07, 6.45) is 0.384. The Morgan fingerprint density at radius 1 is 0.857 bits per heavy atom. The predicted octanol–water partition coefficient (Wildman–Crippen LogP) is 3.70. The molecule has 0 radical (unpaired) electrons. The van der Waals surface area contributed by atoms with E-state index in [0.29, 0.717) is 6.42 Å². The molecule has 28 heavy (non-hydrogen) atoms. The van der Waals surface area contributed by atoms with Crippen LogP contribution in [0, 0.1) is 0 Å². The van der Waals surface area contributed by atoms with E-state index < -0.39 is 17.9 Å². The average Bonchev–Trinajstić information content (AvgIpc) is 3.08. The number of esters is 1. The van der Waals surface area contributed by atoms with Crippen LogP contribution in [0.1, 0.15) is 22.6 Å². The van der Waals surface area contributed by atoms with Crippen LogP contribution in [0.5, 0.6) is 0 Å². The predicted molar refractivity (Wildman–Crippen MR) is 108 cm³/mol. The third kappa shape index (κ3) is 3.29. The lowest BCUT2D eigenvalue weighted by Crippen LogP contribution is -2.45. The van der Waals surface area contributed by atoms with E-state index in [9.17, 15) is 9.59 Å². The van der Waals surface area contributed by atoms with Crippen molar-refractivity contribution in [2.24, 2.45) is 0 Å². The van der Waals surface area contributed by atoms with Gasteiger partial charge in [-0.3, -0.25) is 4.79 Å². The molecule has 3 aromatic carbocycles. The van der Waals surface area contributed by atoms with Crippen LogP contribution in [0.25, 0.3) is 11.1 Å². The van der Waals surface area contributed by atoms with Crippen LogP contribution < -0.4 is 5.32 Å². The van der Waals surface area contributed by atoms with Crippen LogP contribution in [-0.2, 0) is 20.7 Å². The highest BCUT2D eigenvalue weighted by Gasteiger charge is 2.35. The highest BCUT2D eigenvalue weighted by Crippen LogP contribution is 2.44. The molecule has 0 spiro atoms. The first-order chi connectivity index (χ1) is 13.7. The smallest absolute Gasteiger partial charge is 0.328 e. The van der Waals surface area contributed by atoms with Gasteiger partial charge in [-0.15, -0.1) is 0 Å². The van der Waals surface area contributed by atoms with Gasteiger partial charge in [-0.1, -0.05) is 78.9 Å². The van der Waals surface area contributed by atoms with Gasteiger partial charge in [0.05, 0.1) is 13.0 Å². The molecule has 0 saturated carbocycles. The first-order valence-electron chi connectivity index (χ1n) is 9.29. The molecule has 140 valence electrons. The SMILES string of the molecule is COC(=O)[C@H](Cc1ccccc1)NC(=O)C1c2ccccc2-c2ccccc21. The molecule has 1 amide bonds. The van der Waals surface area contributed by atoms with Gasteiger partial charge in [0.1, 0.15) is 6.04 Å². The number of benzene rings is 3. The van der Waals surface area contributed by atoms with Crippen molar-refractivity contribution in [3.8, 4) is 11.1 Å². The van der Waals surface area contributed by atoms with Gasteiger partial charge in [0, 0.05) is 6.42 Å². The van der Waals surface area contributed by atoms with Crippen molar-refractivity contribution in [1.29, 1.82) is 0 Å². The maximum atomic E-state index is 13.3. The van der Waals surface area contributed by atoms with E-state index in [1.54, 1.807) is 0 Å². The van der Waals surface area contributed by atoms with Gasteiger partial charge in [0.15, 0.2) is 0 Å². The Balaban J connectivity index is 1.64. The average molecular weight is 371 g/mol. The second kappa shape index (κ2) is 7.69. The normalized spacial score (nSPS) is 13.3. The Morgan fingerprint density at radius 2 is 1.39 bits per heavy atom. The molecule has 4 rings (SSSR count). The molecule has 3 aromatic rings. The first kappa shape index (κ1) is 18.0. The summed E-state index contributed by atoms with van der Waals surface area (Å²) in [7, 11) is 1.34. The molecule has 0 aliphatic heterocycles. The van der Waals surface area contributed by atoms with E-state index in [2.05, 4.69) is 5.32 Å². The van der Waals surface area contributed by atoms with Crippen LogP contribution in [0.4, 0.5) is 0 Å². The Morgan fingerprint density at radius 3 is 1.96 bits per heavy atom. The fourth-order valence-electron chi connectivity index (χ4n) is 3.88. The number of hydrogen-bond acceptors (Lipinski definition) is 3. The molecule has 0 bridgehead atoms. The number of carbonyl (C=O) groups is 2. The molecule has 1 atom stereocenters. The van der Waals surface area contributed by atoms with E-state index >= 15 is 0 Å². The third-order valence-electron chi connectivity index (χ3n) is 5.18. The zero-order chi connectivity index (χ0) is 19.5. The summed E-state index contributed by atoms with van der Waals surface area (Å²) in [5, 5.41) is 2.93. The molecule has 0 fully saturated rings. The fourth-order valence-corrected chi connectivity index (χ4v) is 3.88. The standard InChI is InChI=1S/C24H21NO3/c1-28-24(27)21(15-16-9-3-2-4-10-16)25-23(26)22-19-13-7-5-11-17(19)18-12-6-8-14-20(18)22/h2-14,21-22H,15H2,1H3,(H,25,26)/t21-/m0/s1. The lowest BCUT2D eigenvalue weighted by atomic mass is 9.95. The van der Waals surface area contributed by atoms with Gasteiger partial charge < -0.3 is 10.1 Å². The molecule has 4 nitrogen and oxygen atoms in total. The molecule has 1 aliphatic carbocycles. The molecule has 0 aromatic heterocycles. The van der Waals surface area contributed by atoms with Gasteiger partial charge in [0.2, 0.25) is 5.91 Å². The van der Waals surface area contributed by atoms with Gasteiger partial charge in [-0.05, 0) is 27.8 Å². The molecule has 1 aliphatic rings. The van der Waals surface area contributed by atoms with E-state index in [4.69, 9.17) is 4.74 Å². The molecule has 1 N–H and O–H groups in total. The lowest BCUT2D eigenvalue weighted by Gasteiger charge is -2.20. The Kier molecular flexibility index (Phi) is 4.94. The molecule has 0 saturated heterocycles. The van der Waals surface area contributed by atoms with Crippen LogP contribution in [0.2, 0.25) is 0 Å². The molecule has 0 unspecified atom stereocenters. The number of rotatable bonds is 5. The lowest BCUT2D eigenvalue weighted by molar-refractivity contribution is -0.145. The topological polar surface area (TPSA) is 55.4 Å². The summed E-state index contributed by atoms with van der Waals surface area (Å²) in [6.45, 7) is 0. The van der Waals surface area contributed by atoms with Crippen molar-refractivity contribution in [1.82, 2.24) is 5.32 Å². The van der Waals surface area contributed by atoms with Crippen LogP contribution in [-0.4, -0.2) is 25.0 Å². The molecular weight excluding hydrogens is 350 g/mol. The number of ether oxygens (including phenoxy) is 1. The number of hydrogen-bond donors (Lipinski definition) is 1. The second-order valence-corrected chi connectivity index (χ2v) is 6.88. The third-order valence-corrected chi connectivity index (χ3v) is 5.18. The van der Waals surface area contributed by atoms with Crippen LogP contribution >= 0.6 is 0 Å². The van der Waals surface area contributed by atoms with E-state index in [-0.39, 0.29) is 5.91 Å². The number of nitrogens with one attached hydrogen (secondary N) is 1. The number of methoxy groups -OCH3 is 1. The maximum absolute atomic E-state index is 13.3. The zero-order valence-corrected chi connectivity index (χ0v) is 15.6. The number of fused-ring (bicyclic) bond motifs is 3. The molecular formula is C24H21NO3. The monoisotopic (exact) mass is 371 g/mol. The summed E-state index contributed by atoms with van der Waals surface area (Å²) in [5.41, 5.74) is 5.02. The Labute approximate surface area is 164 Å². The first-order valence-corrected chi connectivity index (χ1v) is 9.29. The molecule has 0 heterocycles. The van der Waals surface area contributed by atoms with E-state index in [0.717, 1.165) is 27.8 Å². The van der Waals surface area contributed by atoms with Crippen molar-refractivity contribution in [3.63, 3.8) is 0 Å². The Hall–Kier alpha value is -3.40. The summed E-state index contributed by atoms with van der Waals surface area (Å²) < 4.78 is 4.93. The van der Waals surface area contributed by atoms with Crippen molar-refractivity contribution < 1.29 is 14.3 Å². The van der Waals surface area contributed by atoms with Crippen molar-refractivity contribution >= 4 is 11.9 Å². The molecule has 4 heteroatoms. The van der Waals surface area contributed by atoms with Crippen molar-refractivity contribution in [2.45, 2.75) is 18.4 Å². The largest absolute Gasteiger partial charge is 0.467 e. The fraction of sp³-hybridized carbons (Fsp3) is 0.167. The van der Waals surface area contributed by atoms with E-state index in [1.807, 2.05) is 78.9 Å². The summed E-state index contributed by atoms with van der Waals surface area (Å²) >= 11 is 0. The van der Waals surface area contributed by atoms with E-state index in [1.165, 1.54) is 7.11 Å². The minimum absolute atomic E-state index is 0.191. The minimum Gasteiger partial charge on any atom is -0.467 e. The maximum Gasteiger partial charge on any atom is 0.328 e. The van der Waals surface area contributed by atoms with Gasteiger partial charge >= 0.3 is 5.97 Å². The highest BCUT2D eigenvalue weighted by molar-refractivity contribution is 5.97. The second-order valence-electron chi connectivity index (χ2n) is 6.88. The minimum atomic E-state index is -0.736. The number of amides is 1.